The van der Waals surface area contributed by atoms with Crippen LogP contribution in [0.25, 0.3) is 0 Å². The Morgan fingerprint density at radius 2 is 2.06 bits per heavy atom. The van der Waals surface area contributed by atoms with Gasteiger partial charge in [0.1, 0.15) is 12.7 Å². The van der Waals surface area contributed by atoms with Crippen LogP contribution in [0.3, 0.4) is 0 Å². The van der Waals surface area contributed by atoms with Crippen LogP contribution in [0.4, 0.5) is 0 Å². The molecule has 5 heteroatoms. The molecule has 0 spiro atoms. The molecule has 1 aromatic rings. The van der Waals surface area contributed by atoms with Crippen LogP contribution < -0.4 is 0 Å². The van der Waals surface area contributed by atoms with Crippen molar-refractivity contribution in [1.82, 2.24) is 0 Å². The lowest BCUT2D eigenvalue weighted by Crippen LogP contribution is -2.23. The molecule has 0 radical (unpaired) electrons. The summed E-state index contributed by atoms with van der Waals surface area (Å²) in [5.41, 5.74) is 0.471. The van der Waals surface area contributed by atoms with Crippen LogP contribution in [-0.4, -0.2) is 37.4 Å². The molecule has 1 aliphatic heterocycles. The Morgan fingerprint density at radius 1 is 1.33 bits per heavy atom. The van der Waals surface area contributed by atoms with E-state index in [2.05, 4.69) is 0 Å². The van der Waals surface area contributed by atoms with Crippen LogP contribution in [0.15, 0.2) is 30.3 Å². The molecule has 2 rings (SSSR count). The van der Waals surface area contributed by atoms with E-state index in [4.69, 9.17) is 14.2 Å². The fourth-order valence-corrected chi connectivity index (χ4v) is 1.56. The Kier molecular flexibility index (Phi) is 4.07. The summed E-state index contributed by atoms with van der Waals surface area (Å²) in [7, 11) is 0. The first-order valence-corrected chi connectivity index (χ1v) is 5.66. The summed E-state index contributed by atoms with van der Waals surface area (Å²) in [5.74, 6) is -0.527. The molecule has 1 fully saturated rings. The first kappa shape index (κ1) is 12.7. The van der Waals surface area contributed by atoms with E-state index in [9.17, 15) is 9.59 Å². The smallest absolute Gasteiger partial charge is 0.338 e. The van der Waals surface area contributed by atoms with Crippen LogP contribution >= 0.6 is 0 Å². The number of esters is 1. The number of benzene rings is 1. The molecule has 18 heavy (non-hydrogen) atoms. The van der Waals surface area contributed by atoms with E-state index in [0.29, 0.717) is 5.56 Å². The van der Waals surface area contributed by atoms with Gasteiger partial charge in [0.15, 0.2) is 12.1 Å². The molecule has 0 saturated carbocycles. The number of Topliss-reactive ketones (excluding diaryl/α,β-unsaturated/α-hetero) is 1. The van der Waals surface area contributed by atoms with Crippen LogP contribution in [-0.2, 0) is 19.0 Å². The molecular formula is C13H14O5. The quantitative estimate of drug-likeness (QED) is 0.751. The van der Waals surface area contributed by atoms with Crippen molar-refractivity contribution in [2.75, 3.05) is 13.2 Å². The highest BCUT2D eigenvalue weighted by Crippen LogP contribution is 2.13. The van der Waals surface area contributed by atoms with Crippen molar-refractivity contribution in [1.29, 1.82) is 0 Å². The lowest BCUT2D eigenvalue weighted by atomic mass is 10.2. The van der Waals surface area contributed by atoms with Gasteiger partial charge in [0, 0.05) is 0 Å². The maximum Gasteiger partial charge on any atom is 0.338 e. The predicted octanol–water partition coefficient (Wildman–Crippen LogP) is 1.17. The molecule has 0 bridgehead atoms. The monoisotopic (exact) mass is 250 g/mol. The summed E-state index contributed by atoms with van der Waals surface area (Å²) in [6.07, 6.45) is -1.21. The zero-order valence-electron chi connectivity index (χ0n) is 10.00. The van der Waals surface area contributed by atoms with Crippen molar-refractivity contribution < 1.29 is 23.8 Å². The van der Waals surface area contributed by atoms with Crippen molar-refractivity contribution in [3.8, 4) is 0 Å². The highest BCUT2D eigenvalue weighted by Gasteiger charge is 2.30. The van der Waals surface area contributed by atoms with Gasteiger partial charge >= 0.3 is 5.97 Å². The number of carbonyl (C=O) groups excluding carboxylic acids is 2. The lowest BCUT2D eigenvalue weighted by molar-refractivity contribution is -0.132. The summed E-state index contributed by atoms with van der Waals surface area (Å²) in [5, 5.41) is 0. The molecule has 5 nitrogen and oxygen atoms in total. The molecule has 1 saturated heterocycles. The standard InChI is InChI=1S/C13H14O5/c1-9(14)11-7-16-12(18-11)8-17-13(15)10-5-3-2-4-6-10/h2-6,11-12H,7-8H2,1H3/t11-,12-/m1/s1. The van der Waals surface area contributed by atoms with E-state index in [-0.39, 0.29) is 19.0 Å². The van der Waals surface area contributed by atoms with E-state index < -0.39 is 18.4 Å². The molecule has 0 aromatic heterocycles. The topological polar surface area (TPSA) is 61.8 Å². The van der Waals surface area contributed by atoms with Gasteiger partial charge in [0.05, 0.1) is 12.2 Å². The van der Waals surface area contributed by atoms with Gasteiger partial charge in [-0.15, -0.1) is 0 Å². The van der Waals surface area contributed by atoms with Gasteiger partial charge < -0.3 is 14.2 Å². The van der Waals surface area contributed by atoms with Crippen LogP contribution in [0.2, 0.25) is 0 Å². The third-order valence-corrected chi connectivity index (χ3v) is 2.56. The normalized spacial score (nSPS) is 22.7. The van der Waals surface area contributed by atoms with E-state index in [1.54, 1.807) is 24.3 Å². The summed E-state index contributed by atoms with van der Waals surface area (Å²) in [6, 6.07) is 8.65. The highest BCUT2D eigenvalue weighted by atomic mass is 16.7. The van der Waals surface area contributed by atoms with Crippen LogP contribution in [0, 0.1) is 0 Å². The lowest BCUT2D eigenvalue weighted by Gasteiger charge is -2.10. The summed E-state index contributed by atoms with van der Waals surface area (Å²) >= 11 is 0. The zero-order valence-corrected chi connectivity index (χ0v) is 10.00. The van der Waals surface area contributed by atoms with Gasteiger partial charge in [0.2, 0.25) is 0 Å². The Balaban J connectivity index is 1.79. The largest absolute Gasteiger partial charge is 0.457 e. The maximum absolute atomic E-state index is 11.6. The van der Waals surface area contributed by atoms with Crippen LogP contribution in [0.5, 0.6) is 0 Å². The molecule has 0 N–H and O–H groups in total. The third-order valence-electron chi connectivity index (χ3n) is 2.56. The average Bonchev–Trinajstić information content (AvgIpc) is 2.86. The van der Waals surface area contributed by atoms with Crippen molar-refractivity contribution in [3.63, 3.8) is 0 Å². The number of rotatable bonds is 4. The minimum absolute atomic E-state index is 0.0164. The van der Waals surface area contributed by atoms with Crippen LogP contribution in [0.1, 0.15) is 17.3 Å². The minimum atomic E-state index is -0.661. The number of hydrogen-bond donors (Lipinski definition) is 0. The van der Waals surface area contributed by atoms with Gasteiger partial charge in [-0.05, 0) is 19.1 Å². The number of ether oxygens (including phenoxy) is 3. The summed E-state index contributed by atoms with van der Waals surface area (Å²) in [6.45, 7) is 1.63. The SMILES string of the molecule is CC(=O)[C@H]1CO[C@@H](COC(=O)c2ccccc2)O1. The van der Waals surface area contributed by atoms with E-state index in [1.807, 2.05) is 6.07 Å². The van der Waals surface area contributed by atoms with Crippen molar-refractivity contribution in [3.05, 3.63) is 35.9 Å². The molecule has 1 heterocycles. The average molecular weight is 250 g/mol. The first-order valence-electron chi connectivity index (χ1n) is 5.66. The second-order valence-electron chi connectivity index (χ2n) is 3.96. The Hall–Kier alpha value is -1.72. The fourth-order valence-electron chi connectivity index (χ4n) is 1.56. The molecule has 1 aromatic carbocycles. The minimum Gasteiger partial charge on any atom is -0.457 e. The molecule has 0 amide bonds. The highest BCUT2D eigenvalue weighted by molar-refractivity contribution is 5.89. The number of carbonyl (C=O) groups is 2. The first-order chi connectivity index (χ1) is 8.66. The Morgan fingerprint density at radius 3 is 2.67 bits per heavy atom. The van der Waals surface area contributed by atoms with E-state index in [1.165, 1.54) is 6.92 Å². The Bertz CT molecular complexity index is 428. The molecular weight excluding hydrogens is 236 g/mol. The van der Waals surface area contributed by atoms with Crippen molar-refractivity contribution in [2.24, 2.45) is 0 Å². The van der Waals surface area contributed by atoms with E-state index in [0.717, 1.165) is 0 Å². The van der Waals surface area contributed by atoms with Gasteiger partial charge in [0.25, 0.3) is 0 Å². The molecule has 1 aliphatic rings. The Labute approximate surface area is 105 Å². The third kappa shape index (κ3) is 3.15. The van der Waals surface area contributed by atoms with E-state index >= 15 is 0 Å². The van der Waals surface area contributed by atoms with Crippen molar-refractivity contribution in [2.45, 2.75) is 19.3 Å². The second-order valence-corrected chi connectivity index (χ2v) is 3.96. The molecule has 0 unspecified atom stereocenters. The zero-order chi connectivity index (χ0) is 13.0. The van der Waals surface area contributed by atoms with Gasteiger partial charge in [-0.1, -0.05) is 18.2 Å². The van der Waals surface area contributed by atoms with Gasteiger partial charge in [-0.2, -0.15) is 0 Å². The number of ketones is 1. The summed E-state index contributed by atoms with van der Waals surface area (Å²) in [4.78, 5) is 22.7. The molecule has 2 atom stereocenters. The summed E-state index contributed by atoms with van der Waals surface area (Å²) < 4.78 is 15.5. The van der Waals surface area contributed by atoms with Gasteiger partial charge in [-0.3, -0.25) is 4.79 Å². The molecule has 96 valence electrons. The maximum atomic E-state index is 11.6. The number of hydrogen-bond acceptors (Lipinski definition) is 5. The van der Waals surface area contributed by atoms with Crippen molar-refractivity contribution >= 4 is 11.8 Å². The second kappa shape index (κ2) is 5.75. The predicted molar refractivity (Wildman–Crippen MR) is 62.0 cm³/mol. The fraction of sp³-hybridized carbons (Fsp3) is 0.385. The molecule has 0 aliphatic carbocycles. The van der Waals surface area contributed by atoms with Gasteiger partial charge in [-0.25, -0.2) is 4.79 Å².